The van der Waals surface area contributed by atoms with E-state index in [1.807, 2.05) is 18.7 Å². The van der Waals surface area contributed by atoms with E-state index in [1.54, 1.807) is 18.5 Å². The van der Waals surface area contributed by atoms with E-state index in [0.29, 0.717) is 18.3 Å². The molecular formula is C15H21N3O3. The van der Waals surface area contributed by atoms with E-state index in [9.17, 15) is 4.79 Å². The summed E-state index contributed by atoms with van der Waals surface area (Å²) in [6.07, 6.45) is 6.49. The zero-order valence-electron chi connectivity index (χ0n) is 12.7. The van der Waals surface area contributed by atoms with Gasteiger partial charge in [0.05, 0.1) is 13.7 Å². The van der Waals surface area contributed by atoms with Crippen molar-refractivity contribution >= 4 is 5.91 Å². The fourth-order valence-electron chi connectivity index (χ4n) is 2.26. The summed E-state index contributed by atoms with van der Waals surface area (Å²) in [6.45, 7) is 5.16. The SMILES string of the molecule is COc1nccnc1OC1CCCN(C(=O)C=C(C)C)C1. The number of nitrogens with zero attached hydrogens (tertiary/aromatic N) is 3. The monoisotopic (exact) mass is 291 g/mol. The molecule has 0 N–H and O–H groups in total. The van der Waals surface area contributed by atoms with Crippen molar-refractivity contribution in [2.75, 3.05) is 20.2 Å². The van der Waals surface area contributed by atoms with Gasteiger partial charge in [-0.05, 0) is 26.7 Å². The molecule has 1 fully saturated rings. The van der Waals surface area contributed by atoms with E-state index in [4.69, 9.17) is 9.47 Å². The van der Waals surface area contributed by atoms with Gasteiger partial charge in [-0.1, -0.05) is 5.57 Å². The van der Waals surface area contributed by atoms with E-state index in [-0.39, 0.29) is 12.0 Å². The lowest BCUT2D eigenvalue weighted by molar-refractivity contribution is -0.128. The fourth-order valence-corrected chi connectivity index (χ4v) is 2.26. The van der Waals surface area contributed by atoms with Crippen molar-refractivity contribution in [3.63, 3.8) is 0 Å². The summed E-state index contributed by atoms with van der Waals surface area (Å²) in [4.78, 5) is 22.1. The smallest absolute Gasteiger partial charge is 0.278 e. The molecule has 0 bridgehead atoms. The van der Waals surface area contributed by atoms with Crippen LogP contribution in [0.4, 0.5) is 0 Å². The zero-order valence-corrected chi connectivity index (χ0v) is 12.7. The highest BCUT2D eigenvalue weighted by atomic mass is 16.5. The lowest BCUT2D eigenvalue weighted by Gasteiger charge is -2.32. The normalized spacial score (nSPS) is 18.0. The molecule has 1 aliphatic rings. The Bertz CT molecular complexity index is 527. The summed E-state index contributed by atoms with van der Waals surface area (Å²) >= 11 is 0. The molecule has 0 aliphatic carbocycles. The lowest BCUT2D eigenvalue weighted by Crippen LogP contribution is -2.44. The summed E-state index contributed by atoms with van der Waals surface area (Å²) in [7, 11) is 1.53. The number of amides is 1. The maximum absolute atomic E-state index is 12.1. The molecule has 2 heterocycles. The molecule has 0 radical (unpaired) electrons. The summed E-state index contributed by atoms with van der Waals surface area (Å²) < 4.78 is 11.0. The molecule has 1 atom stereocenters. The molecule has 1 aliphatic heterocycles. The molecule has 2 rings (SSSR count). The highest BCUT2D eigenvalue weighted by Gasteiger charge is 2.25. The molecule has 0 aromatic carbocycles. The van der Waals surface area contributed by atoms with E-state index in [0.717, 1.165) is 25.0 Å². The molecule has 6 heteroatoms. The Hall–Kier alpha value is -2.11. The van der Waals surface area contributed by atoms with Crippen molar-refractivity contribution in [2.45, 2.75) is 32.8 Å². The van der Waals surface area contributed by atoms with Gasteiger partial charge in [-0.25, -0.2) is 9.97 Å². The van der Waals surface area contributed by atoms with Crippen LogP contribution in [0.5, 0.6) is 11.8 Å². The van der Waals surface area contributed by atoms with Gasteiger partial charge >= 0.3 is 0 Å². The molecule has 0 saturated carbocycles. The first kappa shape index (κ1) is 15.3. The van der Waals surface area contributed by atoms with Crippen LogP contribution >= 0.6 is 0 Å². The number of hydrogen-bond acceptors (Lipinski definition) is 5. The quantitative estimate of drug-likeness (QED) is 0.792. The maximum Gasteiger partial charge on any atom is 0.278 e. The number of carbonyl (C=O) groups is 1. The predicted molar refractivity (Wildman–Crippen MR) is 78.2 cm³/mol. The van der Waals surface area contributed by atoms with Gasteiger partial charge in [0.25, 0.3) is 11.8 Å². The molecule has 1 aromatic rings. The van der Waals surface area contributed by atoms with Gasteiger partial charge in [0.1, 0.15) is 6.10 Å². The molecule has 21 heavy (non-hydrogen) atoms. The number of carbonyl (C=O) groups excluding carboxylic acids is 1. The Kier molecular flexibility index (Phi) is 5.14. The van der Waals surface area contributed by atoms with Crippen LogP contribution in [0.2, 0.25) is 0 Å². The van der Waals surface area contributed by atoms with Gasteiger partial charge in [0.2, 0.25) is 5.91 Å². The molecule has 1 amide bonds. The number of likely N-dealkylation sites (tertiary alicyclic amines) is 1. The largest absolute Gasteiger partial charge is 0.477 e. The standard InChI is InChI=1S/C15H21N3O3/c1-11(2)9-13(19)18-8-4-5-12(10-18)21-15-14(20-3)16-6-7-17-15/h6-7,9,12H,4-5,8,10H2,1-3H3. The fraction of sp³-hybridized carbons (Fsp3) is 0.533. The number of aromatic nitrogens is 2. The number of piperidine rings is 1. The van der Waals surface area contributed by atoms with E-state index < -0.39 is 0 Å². The van der Waals surface area contributed by atoms with Crippen LogP contribution < -0.4 is 9.47 Å². The number of hydrogen-bond donors (Lipinski definition) is 0. The van der Waals surface area contributed by atoms with Crippen LogP contribution in [0, 0.1) is 0 Å². The first-order chi connectivity index (χ1) is 10.1. The number of methoxy groups -OCH3 is 1. The molecule has 114 valence electrons. The van der Waals surface area contributed by atoms with Gasteiger partial charge in [-0.3, -0.25) is 4.79 Å². The Balaban J connectivity index is 2.01. The summed E-state index contributed by atoms with van der Waals surface area (Å²) in [5.74, 6) is 0.779. The number of rotatable bonds is 4. The first-order valence-corrected chi connectivity index (χ1v) is 7.05. The zero-order chi connectivity index (χ0) is 15.2. The molecule has 1 aromatic heterocycles. The van der Waals surface area contributed by atoms with Crippen molar-refractivity contribution < 1.29 is 14.3 Å². The second kappa shape index (κ2) is 7.06. The minimum Gasteiger partial charge on any atom is -0.477 e. The molecular weight excluding hydrogens is 270 g/mol. The van der Waals surface area contributed by atoms with Gasteiger partial charge in [-0.2, -0.15) is 0 Å². The topological polar surface area (TPSA) is 64.6 Å². The molecule has 6 nitrogen and oxygen atoms in total. The Morgan fingerprint density at radius 3 is 2.71 bits per heavy atom. The van der Waals surface area contributed by atoms with Crippen LogP contribution in [0.1, 0.15) is 26.7 Å². The second-order valence-corrected chi connectivity index (χ2v) is 5.26. The molecule has 1 unspecified atom stereocenters. The third kappa shape index (κ3) is 4.18. The lowest BCUT2D eigenvalue weighted by atomic mass is 10.1. The summed E-state index contributed by atoms with van der Waals surface area (Å²) in [6, 6.07) is 0. The third-order valence-electron chi connectivity index (χ3n) is 3.21. The van der Waals surface area contributed by atoms with Gasteiger partial charge in [-0.15, -0.1) is 0 Å². The van der Waals surface area contributed by atoms with Crippen molar-refractivity contribution in [1.82, 2.24) is 14.9 Å². The van der Waals surface area contributed by atoms with E-state index in [1.165, 1.54) is 7.11 Å². The van der Waals surface area contributed by atoms with Crippen molar-refractivity contribution in [3.8, 4) is 11.8 Å². The minimum atomic E-state index is -0.0844. The summed E-state index contributed by atoms with van der Waals surface area (Å²) in [5, 5.41) is 0. The van der Waals surface area contributed by atoms with Gasteiger partial charge in [0.15, 0.2) is 0 Å². The van der Waals surface area contributed by atoms with Crippen molar-refractivity contribution in [3.05, 3.63) is 24.0 Å². The van der Waals surface area contributed by atoms with Gasteiger partial charge < -0.3 is 14.4 Å². The Labute approximate surface area is 124 Å². The summed E-state index contributed by atoms with van der Waals surface area (Å²) in [5.41, 5.74) is 0.999. The Morgan fingerprint density at radius 1 is 1.33 bits per heavy atom. The average molecular weight is 291 g/mol. The molecule has 0 spiro atoms. The average Bonchev–Trinajstić information content (AvgIpc) is 2.47. The molecule has 1 saturated heterocycles. The third-order valence-corrected chi connectivity index (χ3v) is 3.21. The van der Waals surface area contributed by atoms with E-state index >= 15 is 0 Å². The minimum absolute atomic E-state index is 0.0365. The van der Waals surface area contributed by atoms with Crippen LogP contribution in [0.25, 0.3) is 0 Å². The van der Waals surface area contributed by atoms with Crippen molar-refractivity contribution in [1.29, 1.82) is 0 Å². The first-order valence-electron chi connectivity index (χ1n) is 7.05. The van der Waals surface area contributed by atoms with Crippen LogP contribution in [0.3, 0.4) is 0 Å². The van der Waals surface area contributed by atoms with Gasteiger partial charge in [0, 0.05) is 25.0 Å². The number of allylic oxidation sites excluding steroid dienone is 1. The van der Waals surface area contributed by atoms with Crippen LogP contribution in [-0.4, -0.2) is 47.1 Å². The van der Waals surface area contributed by atoms with Crippen molar-refractivity contribution in [2.24, 2.45) is 0 Å². The number of ether oxygens (including phenoxy) is 2. The predicted octanol–water partition coefficient (Wildman–Crippen LogP) is 1.82. The van der Waals surface area contributed by atoms with E-state index in [2.05, 4.69) is 9.97 Å². The Morgan fingerprint density at radius 2 is 2.05 bits per heavy atom. The highest BCUT2D eigenvalue weighted by Crippen LogP contribution is 2.23. The van der Waals surface area contributed by atoms with Crippen LogP contribution in [-0.2, 0) is 4.79 Å². The maximum atomic E-state index is 12.1. The highest BCUT2D eigenvalue weighted by molar-refractivity contribution is 5.88. The van der Waals surface area contributed by atoms with Crippen LogP contribution in [0.15, 0.2) is 24.0 Å². The second-order valence-electron chi connectivity index (χ2n) is 5.26.